The highest BCUT2D eigenvalue weighted by atomic mass is 16.5. The van der Waals surface area contributed by atoms with Gasteiger partial charge in [0.25, 0.3) is 0 Å². The second-order valence-corrected chi connectivity index (χ2v) is 10.7. The summed E-state index contributed by atoms with van der Waals surface area (Å²) >= 11 is 0. The number of rotatable bonds is 8. The number of nitrogens with one attached hydrogen (secondary N) is 2. The molecule has 1 aliphatic heterocycles. The first-order valence-corrected chi connectivity index (χ1v) is 13.1. The molecule has 8 nitrogen and oxygen atoms in total. The molecule has 0 spiro atoms. The van der Waals surface area contributed by atoms with E-state index in [1.807, 2.05) is 52.0 Å². The van der Waals surface area contributed by atoms with Crippen LogP contribution >= 0.6 is 0 Å². The van der Waals surface area contributed by atoms with Crippen LogP contribution < -0.4 is 21.1 Å². The molecular weight excluding hydrogens is 476 g/mol. The third-order valence-electron chi connectivity index (χ3n) is 6.26. The smallest absolute Gasteiger partial charge is 0.228 e. The lowest BCUT2D eigenvalue weighted by Gasteiger charge is -2.27. The van der Waals surface area contributed by atoms with E-state index < -0.39 is 0 Å². The van der Waals surface area contributed by atoms with Gasteiger partial charge in [-0.05, 0) is 68.7 Å². The number of benzene rings is 2. The van der Waals surface area contributed by atoms with Crippen LogP contribution in [0.5, 0.6) is 11.5 Å². The van der Waals surface area contributed by atoms with E-state index >= 15 is 0 Å². The fourth-order valence-electron chi connectivity index (χ4n) is 4.31. The van der Waals surface area contributed by atoms with Gasteiger partial charge in [-0.1, -0.05) is 18.2 Å². The molecule has 0 radical (unpaired) electrons. The highest BCUT2D eigenvalue weighted by Gasteiger charge is 2.13. The molecule has 2 aromatic carbocycles. The maximum atomic E-state index is 12.6. The first-order chi connectivity index (χ1) is 18.2. The van der Waals surface area contributed by atoms with Gasteiger partial charge in [-0.25, -0.2) is 0 Å². The molecule has 0 unspecified atom stereocenters. The molecule has 4 N–H and O–H groups in total. The molecule has 3 aromatic rings. The molecule has 1 aromatic heterocycles. The fourth-order valence-corrected chi connectivity index (χ4v) is 4.31. The van der Waals surface area contributed by atoms with E-state index in [9.17, 15) is 4.79 Å². The highest BCUT2D eigenvalue weighted by Crippen LogP contribution is 2.32. The van der Waals surface area contributed by atoms with E-state index in [1.54, 1.807) is 12.4 Å². The molecule has 0 saturated carbocycles. The molecule has 1 aliphatic rings. The number of hydrogen-bond acceptors (Lipinski definition) is 7. The zero-order valence-corrected chi connectivity index (χ0v) is 22.8. The van der Waals surface area contributed by atoms with Crippen LogP contribution in [0.25, 0.3) is 10.9 Å². The number of carbonyl (C=O) groups excluding carboxylic acids is 1. The number of amides is 1. The van der Waals surface area contributed by atoms with E-state index in [0.29, 0.717) is 5.70 Å². The summed E-state index contributed by atoms with van der Waals surface area (Å²) in [5.41, 5.74) is 9.86. The van der Waals surface area contributed by atoms with Crippen molar-refractivity contribution < 1.29 is 9.53 Å². The van der Waals surface area contributed by atoms with Crippen molar-refractivity contribution in [3.8, 4) is 11.5 Å². The summed E-state index contributed by atoms with van der Waals surface area (Å²) in [5, 5.41) is 7.21. The lowest BCUT2D eigenvalue weighted by atomic mass is 10.1. The number of nitrogens with two attached hydrogens (primary N) is 1. The van der Waals surface area contributed by atoms with Crippen LogP contribution in [0.3, 0.4) is 0 Å². The number of aryl methyl sites for hydroxylation is 1. The Hall–Kier alpha value is -3.75. The molecule has 200 valence electrons. The van der Waals surface area contributed by atoms with Crippen molar-refractivity contribution in [2.24, 2.45) is 10.7 Å². The molecule has 4 rings (SSSR count). The summed E-state index contributed by atoms with van der Waals surface area (Å²) in [6.07, 6.45) is 4.93. The second-order valence-electron chi connectivity index (χ2n) is 10.7. The molecule has 0 atom stereocenters. The third kappa shape index (κ3) is 7.63. The van der Waals surface area contributed by atoms with Crippen LogP contribution in [-0.4, -0.2) is 53.7 Å². The lowest BCUT2D eigenvalue weighted by Crippen LogP contribution is -2.42. The van der Waals surface area contributed by atoms with Gasteiger partial charge in [0.2, 0.25) is 5.91 Å². The van der Waals surface area contributed by atoms with Crippen LogP contribution in [0, 0.1) is 6.92 Å². The summed E-state index contributed by atoms with van der Waals surface area (Å²) in [6, 6.07) is 14.1. The van der Waals surface area contributed by atoms with Crippen molar-refractivity contribution in [3.63, 3.8) is 0 Å². The topological polar surface area (TPSA) is 105 Å². The van der Waals surface area contributed by atoms with Crippen LogP contribution in [0.4, 0.5) is 0 Å². The van der Waals surface area contributed by atoms with Crippen LogP contribution in [0.15, 0.2) is 65.6 Å². The number of allylic oxidation sites excluding steroid dienone is 1. The van der Waals surface area contributed by atoms with Gasteiger partial charge >= 0.3 is 0 Å². The van der Waals surface area contributed by atoms with Crippen molar-refractivity contribution >= 4 is 23.0 Å². The number of piperazine rings is 1. The maximum Gasteiger partial charge on any atom is 0.228 e. The molecule has 0 bridgehead atoms. The Labute approximate surface area is 225 Å². The quantitative estimate of drug-likeness (QED) is 0.392. The van der Waals surface area contributed by atoms with Gasteiger partial charge in [-0.15, -0.1) is 0 Å². The molecule has 1 amide bonds. The second kappa shape index (κ2) is 12.2. The average molecular weight is 515 g/mol. The summed E-state index contributed by atoms with van der Waals surface area (Å²) < 4.78 is 6.37. The molecule has 1 saturated heterocycles. The molecule has 38 heavy (non-hydrogen) atoms. The number of hydrogen-bond donors (Lipinski definition) is 3. The van der Waals surface area contributed by atoms with Crippen LogP contribution in [0.1, 0.15) is 37.5 Å². The Kier molecular flexibility index (Phi) is 8.76. The largest absolute Gasteiger partial charge is 0.456 e. The molecule has 1 fully saturated rings. The van der Waals surface area contributed by atoms with E-state index in [1.165, 1.54) is 11.8 Å². The molecular formula is C30H38N6O2. The van der Waals surface area contributed by atoms with E-state index in [4.69, 9.17) is 10.5 Å². The SMILES string of the molecule is Cc1cc(CC(=O)N/C(C=NC(C)(C)C)=C/N)ccc1Oc1ccnc2ccc(CN3CCNCC3)cc12. The Bertz CT molecular complexity index is 1340. The van der Waals surface area contributed by atoms with Gasteiger partial charge < -0.3 is 21.1 Å². The Balaban J connectivity index is 1.45. The summed E-state index contributed by atoms with van der Waals surface area (Å²) in [5.74, 6) is 1.35. The maximum absolute atomic E-state index is 12.6. The van der Waals surface area contributed by atoms with Gasteiger partial charge in [0.15, 0.2) is 0 Å². The molecule has 2 heterocycles. The number of ether oxygens (including phenoxy) is 1. The van der Waals surface area contributed by atoms with E-state index in [2.05, 4.69) is 43.7 Å². The van der Waals surface area contributed by atoms with E-state index in [-0.39, 0.29) is 17.9 Å². The van der Waals surface area contributed by atoms with E-state index in [0.717, 1.165) is 66.3 Å². The molecule has 8 heteroatoms. The summed E-state index contributed by atoms with van der Waals surface area (Å²) in [6.45, 7) is 13.0. The van der Waals surface area contributed by atoms with Gasteiger partial charge in [0.1, 0.15) is 11.5 Å². The number of pyridine rings is 1. The Morgan fingerprint density at radius 1 is 1.13 bits per heavy atom. The summed E-state index contributed by atoms with van der Waals surface area (Å²) in [7, 11) is 0. The minimum absolute atomic E-state index is 0.160. The third-order valence-corrected chi connectivity index (χ3v) is 6.26. The van der Waals surface area contributed by atoms with Gasteiger partial charge in [0, 0.05) is 56.7 Å². The summed E-state index contributed by atoms with van der Waals surface area (Å²) in [4.78, 5) is 24.0. The minimum Gasteiger partial charge on any atom is -0.456 e. The van der Waals surface area contributed by atoms with Crippen molar-refractivity contribution in [3.05, 3.63) is 77.2 Å². The van der Waals surface area contributed by atoms with Crippen LogP contribution in [-0.2, 0) is 17.8 Å². The highest BCUT2D eigenvalue weighted by molar-refractivity contribution is 5.89. The first kappa shape index (κ1) is 27.3. The molecule has 0 aliphatic carbocycles. The number of carbonyl (C=O) groups is 1. The number of fused-ring (bicyclic) bond motifs is 1. The number of nitrogens with zero attached hydrogens (tertiary/aromatic N) is 3. The average Bonchev–Trinajstić information content (AvgIpc) is 2.88. The zero-order chi connectivity index (χ0) is 27.1. The number of aromatic nitrogens is 1. The van der Waals surface area contributed by atoms with Crippen molar-refractivity contribution in [1.29, 1.82) is 0 Å². The standard InChI is InChI=1S/C30H38N6O2/c1-21-15-22(17-29(37)35-24(18-31)19-34-30(2,3)4)6-8-27(21)38-28-9-10-33-26-7-5-23(16-25(26)28)20-36-13-11-32-12-14-36/h5-10,15-16,18-19,32H,11-14,17,20,31H2,1-4H3,(H,35,37)/b24-18+,34-19?. The normalized spacial score (nSPS) is 15.2. The van der Waals surface area contributed by atoms with Gasteiger partial charge in [0.05, 0.1) is 23.2 Å². The lowest BCUT2D eigenvalue weighted by molar-refractivity contribution is -0.119. The van der Waals surface area contributed by atoms with Crippen molar-refractivity contribution in [1.82, 2.24) is 20.5 Å². The van der Waals surface area contributed by atoms with Gasteiger partial charge in [-0.2, -0.15) is 0 Å². The predicted molar refractivity (Wildman–Crippen MR) is 154 cm³/mol. The van der Waals surface area contributed by atoms with Crippen molar-refractivity contribution in [2.45, 2.75) is 46.2 Å². The number of aliphatic imine (C=N–C) groups is 1. The fraction of sp³-hybridized carbons (Fsp3) is 0.367. The van der Waals surface area contributed by atoms with Gasteiger partial charge in [-0.3, -0.25) is 19.7 Å². The first-order valence-electron chi connectivity index (χ1n) is 13.1. The zero-order valence-electron chi connectivity index (χ0n) is 22.8. The van der Waals surface area contributed by atoms with Crippen molar-refractivity contribution in [2.75, 3.05) is 26.2 Å². The predicted octanol–water partition coefficient (Wildman–Crippen LogP) is 4.07. The minimum atomic E-state index is -0.251. The Morgan fingerprint density at radius 3 is 2.61 bits per heavy atom. The van der Waals surface area contributed by atoms with Crippen LogP contribution in [0.2, 0.25) is 0 Å². The Morgan fingerprint density at radius 2 is 1.89 bits per heavy atom. The monoisotopic (exact) mass is 514 g/mol.